The minimum Gasteiger partial charge on any atom is -0.492 e. The van der Waals surface area contributed by atoms with Gasteiger partial charge < -0.3 is 15.4 Å². The van der Waals surface area contributed by atoms with E-state index in [2.05, 4.69) is 20.6 Å². The molecule has 25 heavy (non-hydrogen) atoms. The second-order valence-electron chi connectivity index (χ2n) is 4.78. The van der Waals surface area contributed by atoms with E-state index in [0.717, 1.165) is 0 Å². The number of alkyl halides is 3. The summed E-state index contributed by atoms with van der Waals surface area (Å²) in [5.74, 6) is -1.78. The van der Waals surface area contributed by atoms with Crippen molar-refractivity contribution < 1.29 is 27.1 Å². The quantitative estimate of drug-likeness (QED) is 0.607. The van der Waals surface area contributed by atoms with Gasteiger partial charge >= 0.3 is 6.18 Å². The van der Waals surface area contributed by atoms with Gasteiger partial charge in [-0.2, -0.15) is 18.2 Å². The molecule has 1 aromatic carbocycles. The number of ether oxygens (including phenoxy) is 1. The molecule has 1 aromatic heterocycles. The van der Waals surface area contributed by atoms with Crippen molar-refractivity contribution in [2.45, 2.75) is 13.1 Å². The van der Waals surface area contributed by atoms with Crippen molar-refractivity contribution in [2.75, 3.05) is 24.3 Å². The summed E-state index contributed by atoms with van der Waals surface area (Å²) in [5.41, 5.74) is -1.17. The lowest BCUT2D eigenvalue weighted by molar-refractivity contribution is -0.137. The Bertz CT molecular complexity index is 781. The predicted molar refractivity (Wildman–Crippen MR) is 82.8 cm³/mol. The second-order valence-corrected chi connectivity index (χ2v) is 4.78. The molecule has 2 aromatic rings. The largest absolute Gasteiger partial charge is 0.492 e. The lowest BCUT2D eigenvalue weighted by Gasteiger charge is -2.15. The molecule has 0 fully saturated rings. The lowest BCUT2D eigenvalue weighted by atomic mass is 10.2. The summed E-state index contributed by atoms with van der Waals surface area (Å²) in [7, 11) is 1.19. The number of carbonyl (C=O) groups is 1. The molecule has 0 aliphatic heterocycles. The first-order chi connectivity index (χ1) is 11.8. The Labute approximate surface area is 140 Å². The fourth-order valence-corrected chi connectivity index (χ4v) is 2.03. The van der Waals surface area contributed by atoms with Crippen molar-refractivity contribution in [3.63, 3.8) is 0 Å². The molecule has 0 unspecified atom stereocenters. The van der Waals surface area contributed by atoms with Crippen molar-refractivity contribution in [2.24, 2.45) is 0 Å². The minimum atomic E-state index is -4.62. The Morgan fingerprint density at radius 3 is 2.60 bits per heavy atom. The van der Waals surface area contributed by atoms with E-state index in [1.165, 1.54) is 19.2 Å². The first kappa shape index (κ1) is 18.4. The summed E-state index contributed by atoms with van der Waals surface area (Å²) in [6.45, 7) is 1.83. The minimum absolute atomic E-state index is 0.0628. The van der Waals surface area contributed by atoms with Crippen molar-refractivity contribution >= 4 is 23.7 Å². The number of carbonyl (C=O) groups excluding carboxylic acids is 1. The summed E-state index contributed by atoms with van der Waals surface area (Å²) in [4.78, 5) is 18.1. The lowest BCUT2D eigenvalue weighted by Crippen LogP contribution is -2.14. The molecule has 6 nitrogen and oxygen atoms in total. The molecular formula is C15H14F4N4O2. The zero-order chi connectivity index (χ0) is 18.6. The van der Waals surface area contributed by atoms with Crippen LogP contribution in [0.4, 0.5) is 35.0 Å². The molecule has 0 aliphatic carbocycles. The van der Waals surface area contributed by atoms with Crippen molar-refractivity contribution in [3.8, 4) is 5.75 Å². The van der Waals surface area contributed by atoms with Gasteiger partial charge in [0.05, 0.1) is 18.4 Å². The van der Waals surface area contributed by atoms with Crippen molar-refractivity contribution in [1.82, 2.24) is 9.97 Å². The van der Waals surface area contributed by atoms with Gasteiger partial charge in [-0.3, -0.25) is 4.79 Å². The highest BCUT2D eigenvalue weighted by atomic mass is 19.4. The molecule has 0 bridgehead atoms. The maximum atomic E-state index is 14.1. The molecule has 1 heterocycles. The van der Waals surface area contributed by atoms with Gasteiger partial charge in [0, 0.05) is 12.7 Å². The number of nitrogens with zero attached hydrogens (tertiary/aromatic N) is 2. The fourth-order valence-electron chi connectivity index (χ4n) is 2.03. The summed E-state index contributed by atoms with van der Waals surface area (Å²) in [6, 6.07) is 2.53. The highest BCUT2D eigenvalue weighted by Crippen LogP contribution is 2.35. The highest BCUT2D eigenvalue weighted by molar-refractivity contribution is 5.79. The maximum absolute atomic E-state index is 14.1. The highest BCUT2D eigenvalue weighted by Gasteiger charge is 2.35. The second kappa shape index (κ2) is 7.32. The number of nitrogens with one attached hydrogen (secondary N) is 2. The topological polar surface area (TPSA) is 76.1 Å². The van der Waals surface area contributed by atoms with E-state index in [1.54, 1.807) is 6.92 Å². The van der Waals surface area contributed by atoms with Crippen LogP contribution in [-0.4, -0.2) is 29.9 Å². The van der Waals surface area contributed by atoms with Gasteiger partial charge in [-0.15, -0.1) is 0 Å². The van der Waals surface area contributed by atoms with Gasteiger partial charge in [0.25, 0.3) is 0 Å². The number of benzene rings is 1. The van der Waals surface area contributed by atoms with Crippen LogP contribution >= 0.6 is 0 Å². The molecule has 0 saturated heterocycles. The standard InChI is InChI=1S/C15H14F4N4O2/c1-3-20-13-9(15(17,18)19)6-21-14(23-13)22-10-5-4-8(7-24)11(16)12(10)25-2/h4-7H,3H2,1-2H3,(H2,20,21,22,23). The van der Waals surface area contributed by atoms with Crippen molar-refractivity contribution in [3.05, 3.63) is 35.3 Å². The number of methoxy groups -OCH3 is 1. The Hall–Kier alpha value is -2.91. The monoisotopic (exact) mass is 358 g/mol. The first-order valence-electron chi connectivity index (χ1n) is 7.08. The van der Waals surface area contributed by atoms with Gasteiger partial charge in [0.15, 0.2) is 17.9 Å². The predicted octanol–water partition coefficient (Wildman–Crippen LogP) is 3.63. The Balaban J connectivity index is 2.43. The van der Waals surface area contributed by atoms with Crippen LogP contribution in [0.5, 0.6) is 5.75 Å². The van der Waals surface area contributed by atoms with Gasteiger partial charge in [-0.25, -0.2) is 9.37 Å². The molecule has 10 heteroatoms. The third-order valence-corrected chi connectivity index (χ3v) is 3.14. The molecular weight excluding hydrogens is 344 g/mol. The fraction of sp³-hybridized carbons (Fsp3) is 0.267. The van der Waals surface area contributed by atoms with Gasteiger partial charge in [0.1, 0.15) is 11.4 Å². The third kappa shape index (κ3) is 3.95. The molecule has 0 amide bonds. The number of rotatable bonds is 6. The number of halogens is 4. The number of aromatic nitrogens is 2. The molecule has 2 rings (SSSR count). The maximum Gasteiger partial charge on any atom is 0.421 e. The number of aldehydes is 1. The van der Waals surface area contributed by atoms with Gasteiger partial charge in [-0.05, 0) is 19.1 Å². The van der Waals surface area contributed by atoms with Crippen LogP contribution in [0.2, 0.25) is 0 Å². The van der Waals surface area contributed by atoms with Crippen LogP contribution in [0.3, 0.4) is 0 Å². The average molecular weight is 358 g/mol. The van der Waals surface area contributed by atoms with E-state index in [-0.39, 0.29) is 29.5 Å². The number of anilines is 3. The zero-order valence-corrected chi connectivity index (χ0v) is 13.2. The summed E-state index contributed by atoms with van der Waals surface area (Å²) in [6.07, 6.45) is -3.68. The van der Waals surface area contributed by atoms with Crippen LogP contribution in [0, 0.1) is 5.82 Å². The zero-order valence-electron chi connectivity index (χ0n) is 13.2. The molecule has 0 aliphatic rings. The van der Waals surface area contributed by atoms with E-state index in [1.807, 2.05) is 0 Å². The van der Waals surface area contributed by atoms with E-state index in [0.29, 0.717) is 12.5 Å². The Kier molecular flexibility index (Phi) is 5.40. The van der Waals surface area contributed by atoms with Crippen molar-refractivity contribution in [1.29, 1.82) is 0 Å². The molecule has 0 spiro atoms. The van der Waals surface area contributed by atoms with Crippen LogP contribution in [0.25, 0.3) is 0 Å². The van der Waals surface area contributed by atoms with Crippen LogP contribution < -0.4 is 15.4 Å². The normalized spacial score (nSPS) is 11.1. The van der Waals surface area contributed by atoms with Crippen LogP contribution in [-0.2, 0) is 6.18 Å². The molecule has 134 valence electrons. The van der Waals surface area contributed by atoms with Crippen LogP contribution in [0.15, 0.2) is 18.3 Å². The number of hydrogen-bond donors (Lipinski definition) is 2. The van der Waals surface area contributed by atoms with E-state index >= 15 is 0 Å². The Morgan fingerprint density at radius 1 is 1.32 bits per heavy atom. The van der Waals surface area contributed by atoms with Gasteiger partial charge in [-0.1, -0.05) is 0 Å². The average Bonchev–Trinajstić information content (AvgIpc) is 2.55. The summed E-state index contributed by atoms with van der Waals surface area (Å²) >= 11 is 0. The van der Waals surface area contributed by atoms with Gasteiger partial charge in [0.2, 0.25) is 5.95 Å². The van der Waals surface area contributed by atoms with Crippen LogP contribution in [0.1, 0.15) is 22.8 Å². The third-order valence-electron chi connectivity index (χ3n) is 3.14. The van der Waals surface area contributed by atoms with E-state index in [4.69, 9.17) is 4.74 Å². The smallest absolute Gasteiger partial charge is 0.421 e. The molecule has 0 saturated carbocycles. The number of hydrogen-bond acceptors (Lipinski definition) is 6. The summed E-state index contributed by atoms with van der Waals surface area (Å²) in [5, 5.41) is 5.09. The SMILES string of the molecule is CCNc1nc(Nc2ccc(C=O)c(F)c2OC)ncc1C(F)(F)F. The van der Waals surface area contributed by atoms with E-state index in [9.17, 15) is 22.4 Å². The first-order valence-corrected chi connectivity index (χ1v) is 7.08. The Morgan fingerprint density at radius 2 is 2.04 bits per heavy atom. The molecule has 0 atom stereocenters. The summed E-state index contributed by atoms with van der Waals surface area (Å²) < 4.78 is 57.8. The molecule has 2 N–H and O–H groups in total. The molecule has 0 radical (unpaired) electrons. The van der Waals surface area contributed by atoms with E-state index < -0.39 is 23.4 Å².